The van der Waals surface area contributed by atoms with Crippen LogP contribution in [0.4, 0.5) is 0 Å². The molecule has 4 heteroatoms. The van der Waals surface area contributed by atoms with Gasteiger partial charge in [-0.2, -0.15) is 5.10 Å². The van der Waals surface area contributed by atoms with E-state index in [1.807, 2.05) is 6.92 Å². The summed E-state index contributed by atoms with van der Waals surface area (Å²) < 4.78 is 5.04. The highest BCUT2D eigenvalue weighted by Crippen LogP contribution is 2.04. The Morgan fingerprint density at radius 3 is 3.08 bits per heavy atom. The third kappa shape index (κ3) is 2.89. The third-order valence-corrected chi connectivity index (χ3v) is 1.93. The van der Waals surface area contributed by atoms with E-state index < -0.39 is 0 Å². The fraction of sp³-hybridized carbons (Fsp3) is 0.556. The van der Waals surface area contributed by atoms with Crippen molar-refractivity contribution in [1.29, 1.82) is 0 Å². The van der Waals surface area contributed by atoms with Crippen molar-refractivity contribution in [2.75, 3.05) is 6.61 Å². The first kappa shape index (κ1) is 9.77. The van der Waals surface area contributed by atoms with Gasteiger partial charge in [0.05, 0.1) is 18.4 Å². The number of carbonyl (C=O) groups excluding carboxylic acids is 1. The minimum absolute atomic E-state index is 0.311. The van der Waals surface area contributed by atoms with Gasteiger partial charge in [-0.25, -0.2) is 4.79 Å². The Labute approximate surface area is 77.3 Å². The fourth-order valence-electron chi connectivity index (χ4n) is 0.782. The standard InChI is InChI=1S/C9H14N2O2/c1-3-7(2)6-13-9(12)8-4-10-11-5-8/h4-5,7H,3,6H2,1-2H3,(H,10,11). The largest absolute Gasteiger partial charge is 0.462 e. The van der Waals surface area contributed by atoms with E-state index in [2.05, 4.69) is 17.1 Å². The second-order valence-electron chi connectivity index (χ2n) is 3.10. The van der Waals surface area contributed by atoms with E-state index in [1.54, 1.807) is 0 Å². The van der Waals surface area contributed by atoms with Gasteiger partial charge >= 0.3 is 5.97 Å². The summed E-state index contributed by atoms with van der Waals surface area (Å²) in [4.78, 5) is 11.2. The maximum absolute atomic E-state index is 11.2. The number of hydrogen-bond donors (Lipinski definition) is 1. The average molecular weight is 182 g/mol. The molecule has 1 heterocycles. The summed E-state index contributed by atoms with van der Waals surface area (Å²) in [5.41, 5.74) is 0.475. The molecule has 1 N–H and O–H groups in total. The summed E-state index contributed by atoms with van der Waals surface area (Å²) in [7, 11) is 0. The van der Waals surface area contributed by atoms with Crippen molar-refractivity contribution in [3.05, 3.63) is 18.0 Å². The van der Waals surface area contributed by atoms with Crippen LogP contribution >= 0.6 is 0 Å². The van der Waals surface area contributed by atoms with Crippen molar-refractivity contribution in [3.63, 3.8) is 0 Å². The molecule has 13 heavy (non-hydrogen) atoms. The van der Waals surface area contributed by atoms with E-state index in [0.29, 0.717) is 18.1 Å². The van der Waals surface area contributed by atoms with Crippen LogP contribution < -0.4 is 0 Å². The van der Waals surface area contributed by atoms with Gasteiger partial charge in [-0.15, -0.1) is 0 Å². The fourth-order valence-corrected chi connectivity index (χ4v) is 0.782. The number of nitrogens with zero attached hydrogens (tertiary/aromatic N) is 1. The van der Waals surface area contributed by atoms with Gasteiger partial charge < -0.3 is 4.74 Å². The van der Waals surface area contributed by atoms with Gasteiger partial charge in [0.1, 0.15) is 0 Å². The molecule has 0 spiro atoms. The van der Waals surface area contributed by atoms with Gasteiger partial charge in [0.15, 0.2) is 0 Å². The van der Waals surface area contributed by atoms with Crippen LogP contribution in [-0.4, -0.2) is 22.8 Å². The van der Waals surface area contributed by atoms with Crippen LogP contribution in [0.5, 0.6) is 0 Å². The lowest BCUT2D eigenvalue weighted by Crippen LogP contribution is -2.10. The number of rotatable bonds is 4. The van der Waals surface area contributed by atoms with Crippen LogP contribution in [0.1, 0.15) is 30.6 Å². The van der Waals surface area contributed by atoms with Gasteiger partial charge in [-0.1, -0.05) is 20.3 Å². The lowest BCUT2D eigenvalue weighted by molar-refractivity contribution is 0.0447. The highest BCUT2D eigenvalue weighted by atomic mass is 16.5. The second kappa shape index (κ2) is 4.64. The Morgan fingerprint density at radius 1 is 1.77 bits per heavy atom. The molecule has 0 fully saturated rings. The van der Waals surface area contributed by atoms with Gasteiger partial charge in [0.2, 0.25) is 0 Å². The van der Waals surface area contributed by atoms with Crippen LogP contribution in [0.3, 0.4) is 0 Å². The highest BCUT2D eigenvalue weighted by molar-refractivity contribution is 5.88. The molecular formula is C9H14N2O2. The van der Waals surface area contributed by atoms with Crippen molar-refractivity contribution >= 4 is 5.97 Å². The summed E-state index contributed by atoms with van der Waals surface area (Å²) in [5, 5.41) is 6.23. The zero-order valence-corrected chi connectivity index (χ0v) is 7.91. The van der Waals surface area contributed by atoms with Crippen LogP contribution in [-0.2, 0) is 4.74 Å². The van der Waals surface area contributed by atoms with Gasteiger partial charge in [-0.05, 0) is 5.92 Å². The molecule has 0 aliphatic rings. The number of aromatic nitrogens is 2. The number of ether oxygens (including phenoxy) is 1. The molecule has 1 atom stereocenters. The molecule has 0 radical (unpaired) electrons. The molecule has 1 rings (SSSR count). The van der Waals surface area contributed by atoms with Gasteiger partial charge in [0.25, 0.3) is 0 Å². The summed E-state index contributed by atoms with van der Waals surface area (Å²) in [6.07, 6.45) is 4.00. The molecule has 4 nitrogen and oxygen atoms in total. The Hall–Kier alpha value is -1.32. The first-order valence-electron chi connectivity index (χ1n) is 4.40. The average Bonchev–Trinajstić information content (AvgIpc) is 2.66. The van der Waals surface area contributed by atoms with Crippen molar-refractivity contribution in [3.8, 4) is 0 Å². The van der Waals surface area contributed by atoms with E-state index in [0.717, 1.165) is 6.42 Å². The number of nitrogens with one attached hydrogen (secondary N) is 1. The SMILES string of the molecule is CCC(C)COC(=O)c1cn[nH]c1. The Balaban J connectivity index is 2.35. The maximum Gasteiger partial charge on any atom is 0.341 e. The summed E-state index contributed by atoms with van der Waals surface area (Å²) in [5.74, 6) is 0.102. The molecule has 0 aromatic carbocycles. The normalized spacial score (nSPS) is 12.5. The quantitative estimate of drug-likeness (QED) is 0.720. The molecule has 72 valence electrons. The van der Waals surface area contributed by atoms with Gasteiger partial charge in [0, 0.05) is 6.20 Å². The smallest absolute Gasteiger partial charge is 0.341 e. The Kier molecular flexibility index (Phi) is 3.49. The van der Waals surface area contributed by atoms with Crippen molar-refractivity contribution in [1.82, 2.24) is 10.2 Å². The van der Waals surface area contributed by atoms with E-state index in [-0.39, 0.29) is 5.97 Å². The molecule has 1 unspecified atom stereocenters. The first-order valence-corrected chi connectivity index (χ1v) is 4.40. The lowest BCUT2D eigenvalue weighted by atomic mass is 10.1. The molecule has 0 saturated carbocycles. The zero-order chi connectivity index (χ0) is 9.68. The van der Waals surface area contributed by atoms with Crippen molar-refractivity contribution < 1.29 is 9.53 Å². The molecule has 0 aliphatic carbocycles. The van der Waals surface area contributed by atoms with Gasteiger partial charge in [-0.3, -0.25) is 5.10 Å². The molecule has 0 amide bonds. The highest BCUT2D eigenvalue weighted by Gasteiger charge is 2.09. The predicted molar refractivity (Wildman–Crippen MR) is 48.3 cm³/mol. The van der Waals surface area contributed by atoms with Crippen LogP contribution in [0.2, 0.25) is 0 Å². The zero-order valence-electron chi connectivity index (χ0n) is 7.91. The minimum Gasteiger partial charge on any atom is -0.462 e. The van der Waals surface area contributed by atoms with E-state index in [9.17, 15) is 4.79 Å². The molecule has 1 aromatic heterocycles. The minimum atomic E-state index is -0.311. The summed E-state index contributed by atoms with van der Waals surface area (Å²) >= 11 is 0. The van der Waals surface area contributed by atoms with Crippen LogP contribution in [0.15, 0.2) is 12.4 Å². The Morgan fingerprint density at radius 2 is 2.54 bits per heavy atom. The van der Waals surface area contributed by atoms with Crippen LogP contribution in [0, 0.1) is 5.92 Å². The van der Waals surface area contributed by atoms with E-state index in [1.165, 1.54) is 12.4 Å². The second-order valence-corrected chi connectivity index (χ2v) is 3.10. The first-order chi connectivity index (χ1) is 6.24. The van der Waals surface area contributed by atoms with Crippen molar-refractivity contribution in [2.45, 2.75) is 20.3 Å². The van der Waals surface area contributed by atoms with Crippen molar-refractivity contribution in [2.24, 2.45) is 5.92 Å². The summed E-state index contributed by atoms with van der Waals surface area (Å²) in [6.45, 7) is 4.58. The maximum atomic E-state index is 11.2. The number of hydrogen-bond acceptors (Lipinski definition) is 3. The van der Waals surface area contributed by atoms with E-state index in [4.69, 9.17) is 4.74 Å². The predicted octanol–water partition coefficient (Wildman–Crippen LogP) is 1.61. The number of carbonyl (C=O) groups is 1. The lowest BCUT2D eigenvalue weighted by Gasteiger charge is -2.07. The third-order valence-electron chi connectivity index (χ3n) is 1.93. The summed E-state index contributed by atoms with van der Waals surface area (Å²) in [6, 6.07) is 0. The molecule has 0 saturated heterocycles. The number of H-pyrrole nitrogens is 1. The Bertz CT molecular complexity index is 257. The van der Waals surface area contributed by atoms with Crippen LogP contribution in [0.25, 0.3) is 0 Å². The monoisotopic (exact) mass is 182 g/mol. The number of aromatic amines is 1. The topological polar surface area (TPSA) is 55.0 Å². The molecule has 1 aromatic rings. The number of esters is 1. The molecule has 0 aliphatic heterocycles. The molecule has 0 bridgehead atoms. The van der Waals surface area contributed by atoms with E-state index >= 15 is 0 Å². The molecular weight excluding hydrogens is 168 g/mol.